The van der Waals surface area contributed by atoms with Crippen LogP contribution in [0.15, 0.2) is 9.95 Å². The van der Waals surface area contributed by atoms with Crippen molar-refractivity contribution in [2.24, 2.45) is 0 Å². The Balaban J connectivity index is 3.40. The smallest absolute Gasteiger partial charge is 0.308 e. The number of aromatic nitrogens is 2. The lowest BCUT2D eigenvalue weighted by Gasteiger charge is -2.03. The maximum absolute atomic E-state index is 11.3. The average molecular weight is 247 g/mol. The van der Waals surface area contributed by atoms with Crippen LogP contribution in [-0.2, 0) is 21.1 Å². The van der Waals surface area contributed by atoms with Crippen LogP contribution in [0, 0.1) is 0 Å². The third-order valence-electron chi connectivity index (χ3n) is 1.70. The molecule has 1 aromatic rings. The Morgan fingerprint density at radius 2 is 2.12 bits per heavy atom. The molecule has 1 aromatic heterocycles. The topological polar surface area (TPSA) is 143 Å². The molecule has 0 aliphatic rings. The zero-order valence-corrected chi connectivity index (χ0v) is 9.04. The number of hydrogen-bond acceptors (Lipinski definition) is 6. The Morgan fingerprint density at radius 3 is 2.50 bits per heavy atom. The van der Waals surface area contributed by atoms with Crippen LogP contribution in [0.1, 0.15) is 5.56 Å². The first-order chi connectivity index (χ1) is 7.21. The summed E-state index contributed by atoms with van der Waals surface area (Å²) in [5, 5.41) is 7.91. The molecule has 0 saturated carbocycles. The van der Waals surface area contributed by atoms with Gasteiger partial charge in [-0.1, -0.05) is 0 Å². The van der Waals surface area contributed by atoms with Crippen LogP contribution >= 0.6 is 0 Å². The number of H-pyrrole nitrogens is 1. The lowest BCUT2D eigenvalue weighted by atomic mass is 10.2. The number of aliphatic carboxylic acids is 1. The van der Waals surface area contributed by atoms with E-state index in [1.54, 1.807) is 0 Å². The van der Waals surface area contributed by atoms with Gasteiger partial charge in [0.25, 0.3) is 5.56 Å². The third kappa shape index (κ3) is 2.57. The van der Waals surface area contributed by atoms with Gasteiger partial charge in [-0.25, -0.2) is 13.4 Å². The van der Waals surface area contributed by atoms with E-state index in [1.165, 1.54) is 0 Å². The zero-order chi connectivity index (χ0) is 12.5. The van der Waals surface area contributed by atoms with Crippen molar-refractivity contribution in [2.45, 2.75) is 11.6 Å². The molecule has 0 aromatic carbocycles. The van der Waals surface area contributed by atoms with Gasteiger partial charge in [0.1, 0.15) is 5.82 Å². The van der Waals surface area contributed by atoms with E-state index >= 15 is 0 Å². The maximum atomic E-state index is 11.3. The molecule has 0 aliphatic heterocycles. The summed E-state index contributed by atoms with van der Waals surface area (Å²) in [7, 11) is -3.69. The van der Waals surface area contributed by atoms with Crippen LogP contribution < -0.4 is 11.3 Å². The second-order valence-electron chi connectivity index (χ2n) is 3.08. The Morgan fingerprint density at radius 1 is 1.56 bits per heavy atom. The first-order valence-corrected chi connectivity index (χ1v) is 5.91. The monoisotopic (exact) mass is 247 g/mol. The van der Waals surface area contributed by atoms with Gasteiger partial charge in [0.2, 0.25) is 15.0 Å². The molecule has 0 atom stereocenters. The van der Waals surface area contributed by atoms with E-state index in [2.05, 4.69) is 4.98 Å². The van der Waals surface area contributed by atoms with Crippen molar-refractivity contribution < 1.29 is 18.3 Å². The molecule has 0 unspecified atom stereocenters. The van der Waals surface area contributed by atoms with Crippen molar-refractivity contribution in [1.29, 1.82) is 0 Å². The molecular weight excluding hydrogens is 238 g/mol. The molecule has 16 heavy (non-hydrogen) atoms. The van der Waals surface area contributed by atoms with Crippen LogP contribution in [0.3, 0.4) is 0 Å². The number of carbonyl (C=O) groups is 1. The van der Waals surface area contributed by atoms with Crippen LogP contribution in [-0.4, -0.2) is 35.7 Å². The summed E-state index contributed by atoms with van der Waals surface area (Å²) >= 11 is 0. The number of nitrogens with two attached hydrogens (primary N) is 1. The van der Waals surface area contributed by atoms with E-state index in [-0.39, 0.29) is 5.56 Å². The molecular formula is C7H9N3O5S. The molecule has 0 fully saturated rings. The molecule has 0 amide bonds. The highest BCUT2D eigenvalue weighted by Gasteiger charge is 2.17. The van der Waals surface area contributed by atoms with E-state index in [0.29, 0.717) is 0 Å². The molecule has 1 heterocycles. The fraction of sp³-hybridized carbons (Fsp3) is 0.286. The number of nitrogen functional groups attached to an aromatic ring is 1. The lowest BCUT2D eigenvalue weighted by Crippen LogP contribution is -2.23. The van der Waals surface area contributed by atoms with E-state index in [4.69, 9.17) is 10.8 Å². The summed E-state index contributed by atoms with van der Waals surface area (Å²) in [6.07, 6.45) is 0.236. The van der Waals surface area contributed by atoms with E-state index in [1.807, 2.05) is 4.98 Å². The van der Waals surface area contributed by atoms with Crippen molar-refractivity contribution in [2.75, 3.05) is 12.0 Å². The van der Waals surface area contributed by atoms with Crippen molar-refractivity contribution in [3.63, 3.8) is 0 Å². The van der Waals surface area contributed by atoms with Crippen molar-refractivity contribution in [3.05, 3.63) is 15.9 Å². The van der Waals surface area contributed by atoms with Crippen LogP contribution in [0.4, 0.5) is 5.82 Å². The Hall–Kier alpha value is -1.90. The quantitative estimate of drug-likeness (QED) is 0.544. The lowest BCUT2D eigenvalue weighted by molar-refractivity contribution is -0.136. The largest absolute Gasteiger partial charge is 0.481 e. The first-order valence-electron chi connectivity index (χ1n) is 4.02. The van der Waals surface area contributed by atoms with Gasteiger partial charge in [0, 0.05) is 6.26 Å². The molecule has 0 radical (unpaired) electrons. The highest BCUT2D eigenvalue weighted by molar-refractivity contribution is 7.90. The van der Waals surface area contributed by atoms with Gasteiger partial charge in [-0.15, -0.1) is 0 Å². The maximum Gasteiger partial charge on any atom is 0.308 e. The number of rotatable bonds is 3. The Labute approximate surface area is 90.0 Å². The molecule has 4 N–H and O–H groups in total. The normalized spacial score (nSPS) is 11.3. The van der Waals surface area contributed by atoms with Gasteiger partial charge in [-0.3, -0.25) is 14.6 Å². The van der Waals surface area contributed by atoms with Gasteiger partial charge in [-0.05, 0) is 0 Å². The van der Waals surface area contributed by atoms with E-state index in [0.717, 1.165) is 6.26 Å². The summed E-state index contributed by atoms with van der Waals surface area (Å²) in [4.78, 5) is 27.1. The number of carboxylic acids is 1. The van der Waals surface area contributed by atoms with Gasteiger partial charge >= 0.3 is 5.97 Å². The number of nitrogens with one attached hydrogen (secondary N) is 1. The summed E-state index contributed by atoms with van der Waals surface area (Å²) in [5.74, 6) is -1.65. The molecule has 0 spiro atoms. The second kappa shape index (κ2) is 3.93. The van der Waals surface area contributed by atoms with E-state index < -0.39 is 38.8 Å². The van der Waals surface area contributed by atoms with Gasteiger partial charge in [0.05, 0.1) is 12.0 Å². The molecule has 0 aliphatic carbocycles. The van der Waals surface area contributed by atoms with Crippen LogP contribution in [0.2, 0.25) is 0 Å². The fourth-order valence-electron chi connectivity index (χ4n) is 0.991. The molecule has 1 rings (SSSR count). The van der Waals surface area contributed by atoms with Crippen LogP contribution in [0.25, 0.3) is 0 Å². The number of sulfone groups is 1. The van der Waals surface area contributed by atoms with Crippen LogP contribution in [0.5, 0.6) is 0 Å². The molecule has 0 bridgehead atoms. The van der Waals surface area contributed by atoms with Crippen molar-refractivity contribution in [3.8, 4) is 0 Å². The first kappa shape index (κ1) is 12.2. The summed E-state index contributed by atoms with van der Waals surface area (Å²) in [6, 6.07) is 0. The Kier molecular flexibility index (Phi) is 2.99. The van der Waals surface area contributed by atoms with Gasteiger partial charge in [0.15, 0.2) is 0 Å². The van der Waals surface area contributed by atoms with Crippen molar-refractivity contribution >= 4 is 21.6 Å². The van der Waals surface area contributed by atoms with Gasteiger partial charge < -0.3 is 10.8 Å². The molecule has 9 heteroatoms. The fourth-order valence-corrected chi connectivity index (χ4v) is 1.53. The average Bonchev–Trinajstić information content (AvgIpc) is 2.09. The van der Waals surface area contributed by atoms with Gasteiger partial charge in [-0.2, -0.15) is 0 Å². The Bertz CT molecular complexity index is 589. The SMILES string of the molecule is CS(=O)(=O)c1nc(N)c(CC(=O)O)c(=O)[nH]1. The summed E-state index contributed by atoms with van der Waals surface area (Å²) < 4.78 is 22.1. The standard InChI is InChI=1S/C7H9N3O5S/c1-16(14,15)7-9-5(8)3(2-4(11)12)6(13)10-7/h2H2,1H3,(H,11,12)(H3,8,9,10,13). The minimum Gasteiger partial charge on any atom is -0.481 e. The number of hydrogen-bond donors (Lipinski definition) is 3. The number of carboxylic acid groups (broad SMARTS) is 1. The summed E-state index contributed by atoms with van der Waals surface area (Å²) in [6.45, 7) is 0. The molecule has 0 saturated heterocycles. The second-order valence-corrected chi connectivity index (χ2v) is 5.01. The third-order valence-corrected chi connectivity index (χ3v) is 2.60. The number of nitrogens with zero attached hydrogens (tertiary/aromatic N) is 1. The predicted octanol–water partition coefficient (Wildman–Crippen LogP) is -1.62. The highest BCUT2D eigenvalue weighted by Crippen LogP contribution is 2.07. The number of anilines is 1. The highest BCUT2D eigenvalue weighted by atomic mass is 32.2. The minimum atomic E-state index is -3.69. The molecule has 8 nitrogen and oxygen atoms in total. The predicted molar refractivity (Wildman–Crippen MR) is 53.7 cm³/mol. The van der Waals surface area contributed by atoms with Crippen molar-refractivity contribution in [1.82, 2.24) is 9.97 Å². The summed E-state index contributed by atoms with van der Waals surface area (Å²) in [5.41, 5.74) is 4.18. The van der Waals surface area contributed by atoms with E-state index in [9.17, 15) is 18.0 Å². The number of aromatic amines is 1. The minimum absolute atomic E-state index is 0.264. The zero-order valence-electron chi connectivity index (χ0n) is 8.22. The molecule has 88 valence electrons.